The molecule has 0 saturated carbocycles. The molecule has 4 heteroatoms. The fraction of sp³-hybridized carbons (Fsp3) is 0.562. The van der Waals surface area contributed by atoms with E-state index in [1.807, 2.05) is 30.3 Å². The van der Waals surface area contributed by atoms with E-state index in [1.165, 1.54) is 0 Å². The Morgan fingerprint density at radius 2 is 2.00 bits per heavy atom. The first-order valence-electron chi connectivity index (χ1n) is 7.36. The molecular formula is C16H21NO3. The maximum atomic E-state index is 12.3. The number of carbonyl (C=O) groups is 1. The van der Waals surface area contributed by atoms with Crippen LogP contribution in [0.4, 0.5) is 0 Å². The molecule has 1 N–H and O–H groups in total. The number of carbonyl (C=O) groups excluding carboxylic acids is 1. The van der Waals surface area contributed by atoms with Crippen molar-refractivity contribution in [2.75, 3.05) is 26.2 Å². The summed E-state index contributed by atoms with van der Waals surface area (Å²) in [5, 5.41) is 9.50. The van der Waals surface area contributed by atoms with Gasteiger partial charge in [-0.3, -0.25) is 9.69 Å². The topological polar surface area (TPSA) is 49.8 Å². The third kappa shape index (κ3) is 2.72. The largest absolute Gasteiger partial charge is 0.460 e. The minimum atomic E-state index is -0.563. The molecule has 1 aromatic carbocycles. The number of hydrogen-bond acceptors (Lipinski definition) is 4. The zero-order chi connectivity index (χ0) is 13.9. The Balaban J connectivity index is 1.66. The van der Waals surface area contributed by atoms with Gasteiger partial charge in [0.15, 0.2) is 0 Å². The van der Waals surface area contributed by atoms with E-state index in [4.69, 9.17) is 4.74 Å². The summed E-state index contributed by atoms with van der Waals surface area (Å²) in [7, 11) is 0. The molecule has 4 rings (SSSR count). The van der Waals surface area contributed by atoms with Gasteiger partial charge >= 0.3 is 5.97 Å². The molecule has 4 nitrogen and oxygen atoms in total. The van der Waals surface area contributed by atoms with Crippen molar-refractivity contribution in [3.63, 3.8) is 0 Å². The molecule has 3 fully saturated rings. The van der Waals surface area contributed by atoms with Gasteiger partial charge in [-0.25, -0.2) is 0 Å². The second-order valence-corrected chi connectivity index (χ2v) is 5.76. The van der Waals surface area contributed by atoms with Crippen molar-refractivity contribution in [3.8, 4) is 0 Å². The van der Waals surface area contributed by atoms with E-state index in [0.29, 0.717) is 5.92 Å². The molecule has 3 saturated heterocycles. The summed E-state index contributed by atoms with van der Waals surface area (Å²) >= 11 is 0. The minimum Gasteiger partial charge on any atom is -0.460 e. The van der Waals surface area contributed by atoms with Crippen LogP contribution in [0.15, 0.2) is 30.3 Å². The van der Waals surface area contributed by atoms with Gasteiger partial charge in [0, 0.05) is 6.54 Å². The average Bonchev–Trinajstić information content (AvgIpc) is 2.50. The van der Waals surface area contributed by atoms with Gasteiger partial charge in [0.1, 0.15) is 12.0 Å². The van der Waals surface area contributed by atoms with Crippen LogP contribution in [0, 0.1) is 5.92 Å². The maximum absolute atomic E-state index is 12.3. The average molecular weight is 275 g/mol. The van der Waals surface area contributed by atoms with Crippen molar-refractivity contribution >= 4 is 5.97 Å². The lowest BCUT2D eigenvalue weighted by molar-refractivity contribution is -0.161. The van der Waals surface area contributed by atoms with E-state index < -0.39 is 5.92 Å². The number of piperidine rings is 3. The van der Waals surface area contributed by atoms with Crippen LogP contribution in [0.3, 0.4) is 0 Å². The number of hydrogen-bond donors (Lipinski definition) is 1. The predicted octanol–water partition coefficient (Wildman–Crippen LogP) is 1.40. The molecule has 0 radical (unpaired) electrons. The molecule has 3 aliphatic rings. The first-order valence-corrected chi connectivity index (χ1v) is 7.36. The predicted molar refractivity (Wildman–Crippen MR) is 75.3 cm³/mol. The normalized spacial score (nSPS) is 29.9. The summed E-state index contributed by atoms with van der Waals surface area (Å²) in [4.78, 5) is 14.7. The Bertz CT molecular complexity index is 454. The number of esters is 1. The van der Waals surface area contributed by atoms with Crippen LogP contribution in [0.25, 0.3) is 0 Å². The molecule has 3 aliphatic heterocycles. The maximum Gasteiger partial charge on any atom is 0.316 e. The quantitative estimate of drug-likeness (QED) is 0.844. The highest BCUT2D eigenvalue weighted by Gasteiger charge is 2.37. The van der Waals surface area contributed by atoms with Gasteiger partial charge in [0.05, 0.1) is 6.61 Å². The van der Waals surface area contributed by atoms with Crippen molar-refractivity contribution in [2.45, 2.75) is 24.9 Å². The minimum absolute atomic E-state index is 0.00256. The van der Waals surface area contributed by atoms with Crippen LogP contribution in [0.1, 0.15) is 24.3 Å². The van der Waals surface area contributed by atoms with Crippen LogP contribution in [-0.4, -0.2) is 48.3 Å². The van der Waals surface area contributed by atoms with E-state index in [2.05, 4.69) is 4.90 Å². The zero-order valence-corrected chi connectivity index (χ0v) is 11.6. The van der Waals surface area contributed by atoms with Gasteiger partial charge in [0.25, 0.3) is 0 Å². The van der Waals surface area contributed by atoms with Crippen molar-refractivity contribution in [1.82, 2.24) is 4.90 Å². The fourth-order valence-corrected chi connectivity index (χ4v) is 3.28. The van der Waals surface area contributed by atoms with Gasteiger partial charge in [0.2, 0.25) is 0 Å². The third-order valence-electron chi connectivity index (χ3n) is 4.53. The highest BCUT2D eigenvalue weighted by Crippen LogP contribution is 2.30. The second kappa shape index (κ2) is 5.94. The van der Waals surface area contributed by atoms with Gasteiger partial charge in [-0.1, -0.05) is 30.3 Å². The summed E-state index contributed by atoms with van der Waals surface area (Å²) < 4.78 is 5.69. The van der Waals surface area contributed by atoms with Crippen LogP contribution in [-0.2, 0) is 9.53 Å². The fourth-order valence-electron chi connectivity index (χ4n) is 3.28. The van der Waals surface area contributed by atoms with E-state index in [-0.39, 0.29) is 18.7 Å². The molecule has 0 unspecified atom stereocenters. The Morgan fingerprint density at radius 3 is 2.55 bits per heavy atom. The van der Waals surface area contributed by atoms with E-state index in [0.717, 1.165) is 38.0 Å². The molecule has 0 spiro atoms. The smallest absolute Gasteiger partial charge is 0.316 e. The lowest BCUT2D eigenvalue weighted by Gasteiger charge is -2.44. The SMILES string of the molecule is O=C(O[C@H]1CN2CCC1CC2)[C@H](CO)c1ccccc1. The molecular weight excluding hydrogens is 254 g/mol. The summed E-state index contributed by atoms with van der Waals surface area (Å²) in [6.45, 7) is 2.90. The Hall–Kier alpha value is -1.39. The van der Waals surface area contributed by atoms with E-state index in [9.17, 15) is 9.90 Å². The Morgan fingerprint density at radius 1 is 1.30 bits per heavy atom. The molecule has 1 aromatic rings. The Kier molecular flexibility index (Phi) is 4.03. The molecule has 0 amide bonds. The summed E-state index contributed by atoms with van der Waals surface area (Å²) in [5.41, 5.74) is 0.821. The lowest BCUT2D eigenvalue weighted by Crippen LogP contribution is -2.52. The summed E-state index contributed by atoms with van der Waals surface area (Å²) in [6.07, 6.45) is 2.24. The summed E-state index contributed by atoms with van der Waals surface area (Å²) in [6, 6.07) is 9.37. The van der Waals surface area contributed by atoms with Gasteiger partial charge in [-0.05, 0) is 37.4 Å². The molecule has 0 aromatic heterocycles. The first kappa shape index (κ1) is 13.6. The molecule has 2 atom stereocenters. The number of ether oxygens (including phenoxy) is 1. The standard InChI is InChI=1S/C16H21NO3/c18-11-14(12-4-2-1-3-5-12)16(19)20-15-10-17-8-6-13(15)7-9-17/h1-5,13-15,18H,6-11H2/t14-,15+/m1/s1. The van der Waals surface area contributed by atoms with Gasteiger partial charge in [-0.15, -0.1) is 0 Å². The second-order valence-electron chi connectivity index (χ2n) is 5.76. The zero-order valence-electron chi connectivity index (χ0n) is 11.6. The van der Waals surface area contributed by atoms with Crippen molar-refractivity contribution in [2.24, 2.45) is 5.92 Å². The third-order valence-corrected chi connectivity index (χ3v) is 4.53. The Labute approximate surface area is 119 Å². The van der Waals surface area contributed by atoms with E-state index in [1.54, 1.807) is 0 Å². The van der Waals surface area contributed by atoms with Gasteiger partial charge in [-0.2, -0.15) is 0 Å². The van der Waals surface area contributed by atoms with Gasteiger partial charge < -0.3 is 9.84 Å². The molecule has 108 valence electrons. The number of benzene rings is 1. The highest BCUT2D eigenvalue weighted by molar-refractivity contribution is 5.78. The van der Waals surface area contributed by atoms with Crippen LogP contribution in [0.5, 0.6) is 0 Å². The van der Waals surface area contributed by atoms with Crippen LogP contribution >= 0.6 is 0 Å². The number of nitrogens with zero attached hydrogens (tertiary/aromatic N) is 1. The van der Waals surface area contributed by atoms with E-state index >= 15 is 0 Å². The molecule has 20 heavy (non-hydrogen) atoms. The summed E-state index contributed by atoms with van der Waals surface area (Å²) in [5.74, 6) is -0.358. The number of fused-ring (bicyclic) bond motifs is 3. The number of aliphatic hydroxyl groups is 1. The van der Waals surface area contributed by atoms with Crippen molar-refractivity contribution in [3.05, 3.63) is 35.9 Å². The monoisotopic (exact) mass is 275 g/mol. The van der Waals surface area contributed by atoms with Crippen LogP contribution < -0.4 is 0 Å². The van der Waals surface area contributed by atoms with Crippen molar-refractivity contribution in [1.29, 1.82) is 0 Å². The number of rotatable bonds is 4. The van der Waals surface area contributed by atoms with Crippen molar-refractivity contribution < 1.29 is 14.6 Å². The molecule has 2 bridgehead atoms. The lowest BCUT2D eigenvalue weighted by atomic mass is 9.85. The number of aliphatic hydroxyl groups excluding tert-OH is 1. The van der Waals surface area contributed by atoms with Crippen LogP contribution in [0.2, 0.25) is 0 Å². The molecule has 0 aliphatic carbocycles. The molecule has 3 heterocycles. The first-order chi connectivity index (χ1) is 9.78. The highest BCUT2D eigenvalue weighted by atomic mass is 16.5.